The molecule has 0 aliphatic rings. The van der Waals surface area contributed by atoms with Crippen molar-refractivity contribution in [3.05, 3.63) is 54.7 Å². The van der Waals surface area contributed by atoms with E-state index in [1.54, 1.807) is 18.6 Å². The van der Waals surface area contributed by atoms with Crippen molar-refractivity contribution in [2.75, 3.05) is 0 Å². The molecule has 5 nitrogen and oxygen atoms in total. The van der Waals surface area contributed by atoms with Gasteiger partial charge in [0.1, 0.15) is 5.69 Å². The molecule has 0 fully saturated rings. The van der Waals surface area contributed by atoms with Crippen LogP contribution in [0.5, 0.6) is 0 Å². The minimum absolute atomic E-state index is 0.156. The average Bonchev–Trinajstić information content (AvgIpc) is 2.47. The highest BCUT2D eigenvalue weighted by molar-refractivity contribution is 5.96. The Morgan fingerprint density at radius 2 is 1.95 bits per heavy atom. The molecule has 1 aromatic carbocycles. The van der Waals surface area contributed by atoms with Gasteiger partial charge in [0, 0.05) is 23.3 Å². The van der Waals surface area contributed by atoms with Gasteiger partial charge in [-0.05, 0) is 11.5 Å². The minimum Gasteiger partial charge on any atom is -0.364 e. The number of hydrogen-bond donors (Lipinski definition) is 1. The number of primary amides is 1. The van der Waals surface area contributed by atoms with Crippen LogP contribution in [0.4, 0.5) is 0 Å². The lowest BCUT2D eigenvalue weighted by atomic mass is 10.0. The zero-order valence-corrected chi connectivity index (χ0v) is 9.95. The van der Waals surface area contributed by atoms with E-state index >= 15 is 0 Å². The van der Waals surface area contributed by atoms with Gasteiger partial charge in [-0.15, -0.1) is 0 Å². The van der Waals surface area contributed by atoms with Crippen LogP contribution in [0, 0.1) is 0 Å². The minimum atomic E-state index is -0.587. The Morgan fingerprint density at radius 3 is 2.79 bits per heavy atom. The van der Waals surface area contributed by atoms with Crippen LogP contribution in [0.3, 0.4) is 0 Å². The molecule has 1 amide bonds. The molecular weight excluding hydrogens is 240 g/mol. The third kappa shape index (κ3) is 2.01. The fourth-order valence-corrected chi connectivity index (χ4v) is 1.96. The molecule has 0 aliphatic heterocycles. The molecule has 3 rings (SSSR count). The van der Waals surface area contributed by atoms with E-state index < -0.39 is 5.91 Å². The Kier molecular flexibility index (Phi) is 2.64. The first-order valence-corrected chi connectivity index (χ1v) is 5.70. The molecule has 0 atom stereocenters. The van der Waals surface area contributed by atoms with Crippen molar-refractivity contribution in [2.45, 2.75) is 0 Å². The number of hydrogen-bond acceptors (Lipinski definition) is 4. The summed E-state index contributed by atoms with van der Waals surface area (Å²) >= 11 is 0. The predicted molar refractivity (Wildman–Crippen MR) is 71.3 cm³/mol. The summed E-state index contributed by atoms with van der Waals surface area (Å²) in [7, 11) is 0. The van der Waals surface area contributed by atoms with Crippen LogP contribution in [-0.4, -0.2) is 20.9 Å². The summed E-state index contributed by atoms with van der Waals surface area (Å²) in [6, 6.07) is 7.72. The number of nitrogens with zero attached hydrogens (tertiary/aromatic N) is 3. The largest absolute Gasteiger partial charge is 0.364 e. The highest BCUT2D eigenvalue weighted by Crippen LogP contribution is 2.26. The second-order valence-corrected chi connectivity index (χ2v) is 4.06. The standard InChI is InChI=1S/C14H10N4O/c15-14(19)13-8-17-7-12(18-13)11-3-1-2-9-6-16-5-4-10(9)11/h1-8H,(H2,15,19). The highest BCUT2D eigenvalue weighted by Gasteiger charge is 2.08. The molecule has 19 heavy (non-hydrogen) atoms. The van der Waals surface area contributed by atoms with E-state index in [0.717, 1.165) is 16.3 Å². The fourth-order valence-electron chi connectivity index (χ4n) is 1.96. The first-order valence-electron chi connectivity index (χ1n) is 5.70. The molecule has 0 unspecified atom stereocenters. The van der Waals surface area contributed by atoms with E-state index in [0.29, 0.717) is 5.69 Å². The second kappa shape index (κ2) is 4.45. The summed E-state index contributed by atoms with van der Waals surface area (Å²) in [6.45, 7) is 0. The van der Waals surface area contributed by atoms with Gasteiger partial charge in [-0.3, -0.25) is 14.8 Å². The zero-order chi connectivity index (χ0) is 13.2. The third-order valence-electron chi connectivity index (χ3n) is 2.84. The maximum Gasteiger partial charge on any atom is 0.268 e. The van der Waals surface area contributed by atoms with Crippen LogP contribution in [0.15, 0.2) is 49.1 Å². The van der Waals surface area contributed by atoms with Crippen LogP contribution in [0.2, 0.25) is 0 Å². The van der Waals surface area contributed by atoms with Crippen LogP contribution < -0.4 is 5.73 Å². The molecule has 0 aliphatic carbocycles. The Hall–Kier alpha value is -2.82. The number of carbonyl (C=O) groups is 1. The Bertz CT molecular complexity index is 765. The summed E-state index contributed by atoms with van der Waals surface area (Å²) in [5, 5.41) is 2.01. The van der Waals surface area contributed by atoms with E-state index in [-0.39, 0.29) is 5.69 Å². The van der Waals surface area contributed by atoms with Crippen LogP contribution in [0.25, 0.3) is 22.0 Å². The fraction of sp³-hybridized carbons (Fsp3) is 0. The topological polar surface area (TPSA) is 81.8 Å². The molecular formula is C14H10N4O. The molecule has 0 saturated carbocycles. The van der Waals surface area contributed by atoms with Crippen molar-refractivity contribution < 1.29 is 4.79 Å². The first kappa shape index (κ1) is 11.3. The van der Waals surface area contributed by atoms with Gasteiger partial charge in [-0.25, -0.2) is 4.98 Å². The lowest BCUT2D eigenvalue weighted by Gasteiger charge is -2.06. The van der Waals surface area contributed by atoms with E-state index in [9.17, 15) is 4.79 Å². The summed E-state index contributed by atoms with van der Waals surface area (Å²) in [5.74, 6) is -0.587. The molecule has 0 bridgehead atoms. The normalized spacial score (nSPS) is 10.5. The number of aromatic nitrogens is 3. The molecule has 5 heteroatoms. The average molecular weight is 250 g/mol. The number of rotatable bonds is 2. The number of carbonyl (C=O) groups excluding carboxylic acids is 1. The molecule has 0 saturated heterocycles. The SMILES string of the molecule is NC(=O)c1cncc(-c2cccc3cnccc23)n1. The first-order chi connectivity index (χ1) is 9.25. The van der Waals surface area contributed by atoms with Gasteiger partial charge in [-0.1, -0.05) is 18.2 Å². The van der Waals surface area contributed by atoms with Gasteiger partial charge >= 0.3 is 0 Å². The van der Waals surface area contributed by atoms with E-state index in [2.05, 4.69) is 15.0 Å². The van der Waals surface area contributed by atoms with E-state index in [1.165, 1.54) is 6.20 Å². The number of pyridine rings is 1. The van der Waals surface area contributed by atoms with Crippen molar-refractivity contribution in [2.24, 2.45) is 5.73 Å². The molecule has 2 aromatic heterocycles. The number of benzene rings is 1. The Balaban J connectivity index is 2.24. The van der Waals surface area contributed by atoms with Crippen LogP contribution >= 0.6 is 0 Å². The number of nitrogens with two attached hydrogens (primary N) is 1. The van der Waals surface area contributed by atoms with Gasteiger partial charge in [0.2, 0.25) is 0 Å². The lowest BCUT2D eigenvalue weighted by Crippen LogP contribution is -2.13. The van der Waals surface area contributed by atoms with E-state index in [4.69, 9.17) is 5.73 Å². The van der Waals surface area contributed by atoms with Gasteiger partial charge in [-0.2, -0.15) is 0 Å². The smallest absolute Gasteiger partial charge is 0.268 e. The van der Waals surface area contributed by atoms with Crippen LogP contribution in [0.1, 0.15) is 10.5 Å². The molecule has 0 spiro atoms. The zero-order valence-electron chi connectivity index (χ0n) is 9.95. The van der Waals surface area contributed by atoms with Gasteiger partial charge in [0.15, 0.2) is 0 Å². The van der Waals surface area contributed by atoms with Crippen molar-refractivity contribution >= 4 is 16.7 Å². The van der Waals surface area contributed by atoms with Crippen molar-refractivity contribution in [3.63, 3.8) is 0 Å². The summed E-state index contributed by atoms with van der Waals surface area (Å²) in [5.41, 5.74) is 6.90. The molecule has 2 N–H and O–H groups in total. The second-order valence-electron chi connectivity index (χ2n) is 4.06. The van der Waals surface area contributed by atoms with Gasteiger partial charge < -0.3 is 5.73 Å². The number of amides is 1. The summed E-state index contributed by atoms with van der Waals surface area (Å²) in [6.07, 6.45) is 6.47. The summed E-state index contributed by atoms with van der Waals surface area (Å²) < 4.78 is 0. The summed E-state index contributed by atoms with van der Waals surface area (Å²) in [4.78, 5) is 23.5. The van der Waals surface area contributed by atoms with Gasteiger partial charge in [0.25, 0.3) is 5.91 Å². The molecule has 0 radical (unpaired) electrons. The van der Waals surface area contributed by atoms with Crippen molar-refractivity contribution in [1.29, 1.82) is 0 Å². The van der Waals surface area contributed by atoms with Crippen molar-refractivity contribution in [1.82, 2.24) is 15.0 Å². The molecule has 92 valence electrons. The monoisotopic (exact) mass is 250 g/mol. The Labute approximate surface area is 109 Å². The van der Waals surface area contributed by atoms with Gasteiger partial charge in [0.05, 0.1) is 18.1 Å². The maximum absolute atomic E-state index is 11.2. The molecule has 3 aromatic rings. The lowest BCUT2D eigenvalue weighted by molar-refractivity contribution is 0.0995. The Morgan fingerprint density at radius 1 is 1.05 bits per heavy atom. The third-order valence-corrected chi connectivity index (χ3v) is 2.84. The maximum atomic E-state index is 11.2. The highest BCUT2D eigenvalue weighted by atomic mass is 16.1. The van der Waals surface area contributed by atoms with Crippen LogP contribution in [-0.2, 0) is 0 Å². The number of fused-ring (bicyclic) bond motifs is 1. The molecule has 2 heterocycles. The van der Waals surface area contributed by atoms with E-state index in [1.807, 2.05) is 24.3 Å². The van der Waals surface area contributed by atoms with Crippen molar-refractivity contribution in [3.8, 4) is 11.3 Å². The predicted octanol–water partition coefficient (Wildman–Crippen LogP) is 1.79. The quantitative estimate of drug-likeness (QED) is 0.751.